The van der Waals surface area contributed by atoms with E-state index in [1.165, 1.54) is 0 Å². The standard InChI is InChI=1S/C11H15NO2/c1-14-11-5-3-2-4-10(11)12-7-6-9(13)8-12/h2-5,9,13H,6-8H2,1H3/t9-/m0/s1. The Morgan fingerprint density at radius 2 is 2.21 bits per heavy atom. The van der Waals surface area contributed by atoms with Crippen LogP contribution >= 0.6 is 0 Å². The van der Waals surface area contributed by atoms with Gasteiger partial charge in [-0.2, -0.15) is 0 Å². The van der Waals surface area contributed by atoms with Crippen LogP contribution in [0.5, 0.6) is 5.75 Å². The van der Waals surface area contributed by atoms with Crippen molar-refractivity contribution in [2.75, 3.05) is 25.1 Å². The summed E-state index contributed by atoms with van der Waals surface area (Å²) in [5, 5.41) is 9.44. The molecule has 76 valence electrons. The SMILES string of the molecule is COc1ccccc1N1CC[C@H](O)C1. The summed E-state index contributed by atoms with van der Waals surface area (Å²) in [7, 11) is 1.67. The van der Waals surface area contributed by atoms with Gasteiger partial charge in [-0.3, -0.25) is 0 Å². The van der Waals surface area contributed by atoms with Gasteiger partial charge in [0.25, 0.3) is 0 Å². The summed E-state index contributed by atoms with van der Waals surface area (Å²) < 4.78 is 5.27. The van der Waals surface area contributed by atoms with Crippen molar-refractivity contribution in [3.63, 3.8) is 0 Å². The lowest BCUT2D eigenvalue weighted by Crippen LogP contribution is -2.21. The van der Waals surface area contributed by atoms with Crippen LogP contribution in [0.15, 0.2) is 24.3 Å². The molecular formula is C11H15NO2. The van der Waals surface area contributed by atoms with Crippen LogP contribution in [0.4, 0.5) is 5.69 Å². The van der Waals surface area contributed by atoms with Crippen LogP contribution in [-0.4, -0.2) is 31.4 Å². The Morgan fingerprint density at radius 3 is 2.86 bits per heavy atom. The minimum atomic E-state index is -0.195. The van der Waals surface area contributed by atoms with Gasteiger partial charge in [0.1, 0.15) is 5.75 Å². The Hall–Kier alpha value is -1.22. The summed E-state index contributed by atoms with van der Waals surface area (Å²) in [4.78, 5) is 2.16. The van der Waals surface area contributed by atoms with Gasteiger partial charge in [-0.1, -0.05) is 12.1 Å². The van der Waals surface area contributed by atoms with Crippen molar-refractivity contribution >= 4 is 5.69 Å². The van der Waals surface area contributed by atoms with Crippen molar-refractivity contribution in [3.8, 4) is 5.75 Å². The third-order valence-corrected chi connectivity index (χ3v) is 2.59. The molecule has 0 unspecified atom stereocenters. The van der Waals surface area contributed by atoms with E-state index in [4.69, 9.17) is 4.74 Å². The first-order chi connectivity index (χ1) is 6.81. The van der Waals surface area contributed by atoms with Gasteiger partial charge in [0.05, 0.1) is 18.9 Å². The van der Waals surface area contributed by atoms with Crippen molar-refractivity contribution in [1.82, 2.24) is 0 Å². The first-order valence-corrected chi connectivity index (χ1v) is 4.87. The summed E-state index contributed by atoms with van der Waals surface area (Å²) in [5.41, 5.74) is 1.08. The predicted molar refractivity (Wildman–Crippen MR) is 55.8 cm³/mol. The van der Waals surface area contributed by atoms with E-state index in [0.29, 0.717) is 6.54 Å². The zero-order valence-corrected chi connectivity index (χ0v) is 8.31. The predicted octanol–water partition coefficient (Wildman–Crippen LogP) is 1.27. The van der Waals surface area contributed by atoms with Crippen molar-refractivity contribution in [1.29, 1.82) is 0 Å². The van der Waals surface area contributed by atoms with E-state index in [-0.39, 0.29) is 6.10 Å². The largest absolute Gasteiger partial charge is 0.495 e. The molecule has 3 heteroatoms. The molecule has 0 aromatic heterocycles. The fraction of sp³-hybridized carbons (Fsp3) is 0.455. The van der Waals surface area contributed by atoms with Crippen LogP contribution in [0.1, 0.15) is 6.42 Å². The maximum Gasteiger partial charge on any atom is 0.142 e. The Morgan fingerprint density at radius 1 is 1.43 bits per heavy atom. The highest BCUT2D eigenvalue weighted by Crippen LogP contribution is 2.30. The Labute approximate surface area is 83.9 Å². The number of nitrogens with zero attached hydrogens (tertiary/aromatic N) is 1. The average molecular weight is 193 g/mol. The van der Waals surface area contributed by atoms with Crippen molar-refractivity contribution in [2.45, 2.75) is 12.5 Å². The highest BCUT2D eigenvalue weighted by Gasteiger charge is 2.22. The zero-order chi connectivity index (χ0) is 9.97. The highest BCUT2D eigenvalue weighted by molar-refractivity contribution is 5.59. The molecule has 0 aliphatic carbocycles. The lowest BCUT2D eigenvalue weighted by atomic mass is 10.2. The summed E-state index contributed by atoms with van der Waals surface area (Å²) in [5.74, 6) is 0.876. The maximum absolute atomic E-state index is 9.44. The quantitative estimate of drug-likeness (QED) is 0.767. The van der Waals surface area contributed by atoms with Crippen LogP contribution in [-0.2, 0) is 0 Å². The number of hydrogen-bond acceptors (Lipinski definition) is 3. The first-order valence-electron chi connectivity index (χ1n) is 4.87. The molecule has 1 aliphatic rings. The molecule has 1 aromatic rings. The number of β-amino-alcohol motifs (C(OH)–C–C–N with tert-alkyl or cyclic N) is 1. The number of methoxy groups -OCH3 is 1. The van der Waals surface area contributed by atoms with Crippen LogP contribution in [0.3, 0.4) is 0 Å². The van der Waals surface area contributed by atoms with Gasteiger partial charge in [0.2, 0.25) is 0 Å². The molecule has 0 spiro atoms. The number of aliphatic hydroxyl groups excluding tert-OH is 1. The number of ether oxygens (including phenoxy) is 1. The number of anilines is 1. The lowest BCUT2D eigenvalue weighted by molar-refractivity contribution is 0.198. The van der Waals surface area contributed by atoms with Gasteiger partial charge in [-0.05, 0) is 18.6 Å². The second kappa shape index (κ2) is 3.88. The normalized spacial score (nSPS) is 21.3. The van der Waals surface area contributed by atoms with E-state index in [1.54, 1.807) is 7.11 Å². The molecule has 1 fully saturated rings. The van der Waals surface area contributed by atoms with Crippen LogP contribution in [0.2, 0.25) is 0 Å². The van der Waals surface area contributed by atoms with Crippen LogP contribution < -0.4 is 9.64 Å². The lowest BCUT2D eigenvalue weighted by Gasteiger charge is -2.20. The fourth-order valence-electron chi connectivity index (χ4n) is 1.85. The van der Waals surface area contributed by atoms with E-state index in [1.807, 2.05) is 24.3 Å². The van der Waals surface area contributed by atoms with Crippen molar-refractivity contribution < 1.29 is 9.84 Å². The molecule has 1 saturated heterocycles. The van der Waals surface area contributed by atoms with Gasteiger partial charge in [-0.15, -0.1) is 0 Å². The molecule has 1 heterocycles. The minimum absolute atomic E-state index is 0.195. The number of para-hydroxylation sites is 2. The Bertz CT molecular complexity index is 314. The molecule has 14 heavy (non-hydrogen) atoms. The molecule has 1 aromatic carbocycles. The van der Waals surface area contributed by atoms with E-state index in [0.717, 1.165) is 24.4 Å². The summed E-state index contributed by atoms with van der Waals surface area (Å²) in [6.45, 7) is 1.61. The molecule has 0 bridgehead atoms. The Balaban J connectivity index is 2.22. The number of benzene rings is 1. The number of rotatable bonds is 2. The molecular weight excluding hydrogens is 178 g/mol. The van der Waals surface area contributed by atoms with E-state index in [2.05, 4.69) is 4.90 Å². The molecule has 0 radical (unpaired) electrons. The highest BCUT2D eigenvalue weighted by atomic mass is 16.5. The third-order valence-electron chi connectivity index (χ3n) is 2.59. The fourth-order valence-corrected chi connectivity index (χ4v) is 1.85. The molecule has 1 atom stereocenters. The second-order valence-electron chi connectivity index (χ2n) is 3.56. The van der Waals surface area contributed by atoms with E-state index >= 15 is 0 Å². The second-order valence-corrected chi connectivity index (χ2v) is 3.56. The first kappa shape index (κ1) is 9.34. The van der Waals surface area contributed by atoms with E-state index in [9.17, 15) is 5.11 Å². The monoisotopic (exact) mass is 193 g/mol. The van der Waals surface area contributed by atoms with Crippen molar-refractivity contribution in [3.05, 3.63) is 24.3 Å². The molecule has 1 N–H and O–H groups in total. The van der Waals surface area contributed by atoms with Crippen molar-refractivity contribution in [2.24, 2.45) is 0 Å². The molecule has 2 rings (SSSR count). The van der Waals surface area contributed by atoms with E-state index < -0.39 is 0 Å². The smallest absolute Gasteiger partial charge is 0.142 e. The summed E-state index contributed by atoms with van der Waals surface area (Å²) >= 11 is 0. The van der Waals surface area contributed by atoms with Gasteiger partial charge in [-0.25, -0.2) is 0 Å². The maximum atomic E-state index is 9.44. The van der Waals surface area contributed by atoms with Gasteiger partial charge in [0.15, 0.2) is 0 Å². The minimum Gasteiger partial charge on any atom is -0.495 e. The zero-order valence-electron chi connectivity index (χ0n) is 8.31. The number of hydrogen-bond donors (Lipinski definition) is 1. The molecule has 0 amide bonds. The van der Waals surface area contributed by atoms with Crippen LogP contribution in [0, 0.1) is 0 Å². The molecule has 3 nitrogen and oxygen atoms in total. The average Bonchev–Trinajstić information content (AvgIpc) is 2.65. The van der Waals surface area contributed by atoms with Gasteiger partial charge >= 0.3 is 0 Å². The number of aliphatic hydroxyl groups is 1. The summed E-state index contributed by atoms with van der Waals surface area (Å²) in [6.07, 6.45) is 0.651. The third kappa shape index (κ3) is 1.68. The summed E-state index contributed by atoms with van der Waals surface area (Å²) in [6, 6.07) is 7.91. The Kier molecular flexibility index (Phi) is 2.59. The van der Waals surface area contributed by atoms with Gasteiger partial charge in [0, 0.05) is 13.1 Å². The molecule has 0 saturated carbocycles. The van der Waals surface area contributed by atoms with Gasteiger partial charge < -0.3 is 14.7 Å². The van der Waals surface area contributed by atoms with Crippen LogP contribution in [0.25, 0.3) is 0 Å². The topological polar surface area (TPSA) is 32.7 Å². The molecule has 1 aliphatic heterocycles.